The van der Waals surface area contributed by atoms with Gasteiger partial charge in [0.05, 0.1) is 35.2 Å². The number of hydrogen-bond donors (Lipinski definition) is 1. The summed E-state index contributed by atoms with van der Waals surface area (Å²) in [5.74, 6) is 0.985. The van der Waals surface area contributed by atoms with Crippen LogP contribution in [-0.4, -0.2) is 63.8 Å². The van der Waals surface area contributed by atoms with Crippen molar-refractivity contribution in [2.75, 3.05) is 55.4 Å². The molecule has 2 aromatic rings. The van der Waals surface area contributed by atoms with Crippen LogP contribution >= 0.6 is 23.1 Å². The predicted octanol–water partition coefficient (Wildman–Crippen LogP) is 3.63. The van der Waals surface area contributed by atoms with Crippen LogP contribution in [0.4, 0.5) is 11.4 Å². The summed E-state index contributed by atoms with van der Waals surface area (Å²) in [6.45, 7) is 3.30. The molecule has 4 rings (SSSR count). The standard InChI is InChI=1S/C22H29N3O4S3/c26-22(17-30-16-18-5-4-14-31-18)23-20-15-19(32(27,28)25-10-12-29-13-11-25)6-7-21(20)24-8-2-1-3-9-24/h4-7,14-15H,1-3,8-13,16-17H2,(H,23,26). The molecule has 10 heteroatoms. The zero-order valence-electron chi connectivity index (χ0n) is 18.0. The van der Waals surface area contributed by atoms with Crippen LogP contribution in [0.1, 0.15) is 24.1 Å². The first kappa shape index (κ1) is 23.6. The van der Waals surface area contributed by atoms with Gasteiger partial charge in [0, 0.05) is 36.8 Å². The first-order chi connectivity index (χ1) is 15.5. The van der Waals surface area contributed by atoms with Gasteiger partial charge in [-0.25, -0.2) is 8.42 Å². The highest BCUT2D eigenvalue weighted by molar-refractivity contribution is 7.99. The number of piperidine rings is 1. The number of rotatable bonds is 8. The van der Waals surface area contributed by atoms with Crippen molar-refractivity contribution in [3.8, 4) is 0 Å². The van der Waals surface area contributed by atoms with Crippen molar-refractivity contribution >= 4 is 50.4 Å². The van der Waals surface area contributed by atoms with Crippen molar-refractivity contribution in [1.29, 1.82) is 0 Å². The van der Waals surface area contributed by atoms with Gasteiger partial charge in [-0.1, -0.05) is 6.07 Å². The van der Waals surface area contributed by atoms with E-state index < -0.39 is 10.0 Å². The summed E-state index contributed by atoms with van der Waals surface area (Å²) < 4.78 is 33.1. The average molecular weight is 496 g/mol. The van der Waals surface area contributed by atoms with Gasteiger partial charge in [-0.2, -0.15) is 4.31 Å². The molecule has 3 heterocycles. The number of benzene rings is 1. The molecule has 2 fully saturated rings. The Morgan fingerprint density at radius 3 is 2.59 bits per heavy atom. The minimum atomic E-state index is -3.63. The Bertz CT molecular complexity index is 999. The molecular formula is C22H29N3O4S3. The maximum Gasteiger partial charge on any atom is 0.243 e. The van der Waals surface area contributed by atoms with E-state index in [1.807, 2.05) is 17.5 Å². The molecule has 0 atom stereocenters. The number of nitrogens with zero attached hydrogens (tertiary/aromatic N) is 2. The van der Waals surface area contributed by atoms with Crippen LogP contribution in [0.5, 0.6) is 0 Å². The predicted molar refractivity (Wildman–Crippen MR) is 131 cm³/mol. The molecule has 2 aliphatic rings. The number of nitrogens with one attached hydrogen (secondary N) is 1. The number of morpholine rings is 1. The second kappa shape index (κ2) is 11.0. The SMILES string of the molecule is O=C(CSCc1cccs1)Nc1cc(S(=O)(=O)N2CCOCC2)ccc1N1CCCCC1. The summed E-state index contributed by atoms with van der Waals surface area (Å²) in [7, 11) is -3.63. The average Bonchev–Trinajstić information content (AvgIpc) is 3.34. The largest absolute Gasteiger partial charge is 0.379 e. The molecule has 1 aromatic heterocycles. The van der Waals surface area contributed by atoms with E-state index in [0.29, 0.717) is 37.7 Å². The van der Waals surface area contributed by atoms with Gasteiger partial charge < -0.3 is 15.0 Å². The number of sulfonamides is 1. The minimum absolute atomic E-state index is 0.120. The molecule has 0 saturated carbocycles. The van der Waals surface area contributed by atoms with Crippen LogP contribution in [-0.2, 0) is 25.3 Å². The van der Waals surface area contributed by atoms with E-state index >= 15 is 0 Å². The Hall–Kier alpha value is -1.59. The third-order valence-corrected chi connectivity index (χ3v) is 9.54. The number of thiophene rings is 1. The summed E-state index contributed by atoms with van der Waals surface area (Å²) in [5.41, 5.74) is 1.46. The zero-order valence-corrected chi connectivity index (χ0v) is 20.4. The lowest BCUT2D eigenvalue weighted by atomic mass is 10.1. The molecule has 7 nitrogen and oxygen atoms in total. The number of anilines is 2. The lowest BCUT2D eigenvalue weighted by Crippen LogP contribution is -2.40. The maximum absolute atomic E-state index is 13.2. The van der Waals surface area contributed by atoms with Gasteiger partial charge in [0.1, 0.15) is 0 Å². The molecule has 2 aliphatic heterocycles. The normalized spacial score (nSPS) is 17.9. The Morgan fingerprint density at radius 1 is 1.09 bits per heavy atom. The second-order valence-corrected chi connectivity index (χ2v) is 11.8. The monoisotopic (exact) mass is 495 g/mol. The Kier molecular flexibility index (Phi) is 8.12. The minimum Gasteiger partial charge on any atom is -0.379 e. The van der Waals surface area contributed by atoms with E-state index in [9.17, 15) is 13.2 Å². The van der Waals surface area contributed by atoms with E-state index in [4.69, 9.17) is 4.74 Å². The van der Waals surface area contributed by atoms with Gasteiger partial charge in [-0.3, -0.25) is 4.79 Å². The fraction of sp³-hybridized carbons (Fsp3) is 0.500. The Balaban J connectivity index is 1.52. The van der Waals surface area contributed by atoms with E-state index in [1.165, 1.54) is 15.6 Å². The van der Waals surface area contributed by atoms with Crippen LogP contribution in [0.3, 0.4) is 0 Å². The molecule has 32 heavy (non-hydrogen) atoms. The van der Waals surface area contributed by atoms with Crippen LogP contribution in [0.2, 0.25) is 0 Å². The molecule has 1 amide bonds. The number of thioether (sulfide) groups is 1. The number of carbonyl (C=O) groups is 1. The van der Waals surface area contributed by atoms with Crippen molar-refractivity contribution in [2.24, 2.45) is 0 Å². The van der Waals surface area contributed by atoms with Crippen LogP contribution < -0.4 is 10.2 Å². The molecule has 0 aliphatic carbocycles. The summed E-state index contributed by atoms with van der Waals surface area (Å²) in [6, 6.07) is 9.19. The van der Waals surface area contributed by atoms with Crippen molar-refractivity contribution in [3.63, 3.8) is 0 Å². The molecule has 1 N–H and O–H groups in total. The van der Waals surface area contributed by atoms with Crippen molar-refractivity contribution < 1.29 is 17.9 Å². The van der Waals surface area contributed by atoms with Gasteiger partial charge in [-0.05, 0) is 48.9 Å². The number of hydrogen-bond acceptors (Lipinski definition) is 7. The highest BCUT2D eigenvalue weighted by atomic mass is 32.2. The maximum atomic E-state index is 13.2. The fourth-order valence-electron chi connectivity index (χ4n) is 3.95. The van der Waals surface area contributed by atoms with E-state index in [2.05, 4.69) is 16.3 Å². The van der Waals surface area contributed by atoms with Crippen molar-refractivity contribution in [2.45, 2.75) is 29.9 Å². The van der Waals surface area contributed by atoms with Crippen molar-refractivity contribution in [3.05, 3.63) is 40.6 Å². The lowest BCUT2D eigenvalue weighted by molar-refractivity contribution is -0.113. The Morgan fingerprint density at radius 2 is 1.88 bits per heavy atom. The zero-order chi connectivity index (χ0) is 22.4. The van der Waals surface area contributed by atoms with Gasteiger partial charge in [0.2, 0.25) is 15.9 Å². The molecule has 0 bridgehead atoms. The second-order valence-electron chi connectivity index (χ2n) is 7.86. The topological polar surface area (TPSA) is 79.0 Å². The first-order valence-corrected chi connectivity index (χ1v) is 14.4. The molecule has 0 radical (unpaired) electrons. The summed E-state index contributed by atoms with van der Waals surface area (Å²) in [5, 5.41) is 5.03. The van der Waals surface area contributed by atoms with Gasteiger partial charge >= 0.3 is 0 Å². The highest BCUT2D eigenvalue weighted by Gasteiger charge is 2.28. The van der Waals surface area contributed by atoms with Crippen LogP contribution in [0.15, 0.2) is 40.6 Å². The third-order valence-electron chi connectivity index (χ3n) is 5.60. The highest BCUT2D eigenvalue weighted by Crippen LogP contribution is 2.32. The molecule has 0 unspecified atom stereocenters. The van der Waals surface area contributed by atoms with Gasteiger partial charge in [0.15, 0.2) is 0 Å². The van der Waals surface area contributed by atoms with E-state index in [1.54, 1.807) is 35.2 Å². The van der Waals surface area contributed by atoms with E-state index in [0.717, 1.165) is 37.4 Å². The van der Waals surface area contributed by atoms with Gasteiger partial charge in [-0.15, -0.1) is 23.1 Å². The molecule has 174 valence electrons. The molecule has 1 aromatic carbocycles. The first-order valence-electron chi connectivity index (χ1n) is 10.9. The number of ether oxygens (including phenoxy) is 1. The molecule has 2 saturated heterocycles. The Labute approximate surface area is 198 Å². The lowest BCUT2D eigenvalue weighted by Gasteiger charge is -2.31. The van der Waals surface area contributed by atoms with Gasteiger partial charge in [0.25, 0.3) is 0 Å². The summed E-state index contributed by atoms with van der Waals surface area (Å²) in [6.07, 6.45) is 3.39. The quantitative estimate of drug-likeness (QED) is 0.603. The van der Waals surface area contributed by atoms with Crippen LogP contribution in [0.25, 0.3) is 0 Å². The van der Waals surface area contributed by atoms with Crippen molar-refractivity contribution in [1.82, 2.24) is 4.31 Å². The molecular weight excluding hydrogens is 466 g/mol. The smallest absolute Gasteiger partial charge is 0.243 e. The van der Waals surface area contributed by atoms with E-state index in [-0.39, 0.29) is 10.8 Å². The summed E-state index contributed by atoms with van der Waals surface area (Å²) in [4.78, 5) is 16.4. The number of carbonyl (C=O) groups excluding carboxylic acids is 1. The third kappa shape index (κ3) is 5.85. The fourth-order valence-corrected chi connectivity index (χ4v) is 7.05. The molecule has 0 spiro atoms. The van der Waals surface area contributed by atoms with Crippen LogP contribution in [0, 0.1) is 0 Å². The number of amides is 1. The summed E-state index contributed by atoms with van der Waals surface area (Å²) >= 11 is 3.24.